The van der Waals surface area contributed by atoms with Crippen LogP contribution in [0.5, 0.6) is 0 Å². The third kappa shape index (κ3) is 5.48. The second-order valence-electron chi connectivity index (χ2n) is 6.20. The molecule has 3 aromatic rings. The fraction of sp³-hybridized carbons (Fsp3) is 0.190. The van der Waals surface area contributed by atoms with Crippen molar-refractivity contribution in [2.24, 2.45) is 5.10 Å². The number of rotatable bonds is 7. The number of hydrogen-bond donors (Lipinski definition) is 2. The zero-order valence-electron chi connectivity index (χ0n) is 16.7. The number of nitrogens with zero attached hydrogens (tertiary/aromatic N) is 4. The van der Waals surface area contributed by atoms with Crippen LogP contribution in [0, 0.1) is 0 Å². The van der Waals surface area contributed by atoms with Gasteiger partial charge in [-0.3, -0.25) is 14.9 Å². The number of carbonyl (C=O) groups is 2. The Morgan fingerprint density at radius 1 is 1.00 bits per heavy atom. The molecule has 0 aliphatic rings. The summed E-state index contributed by atoms with van der Waals surface area (Å²) < 4.78 is 0. The average Bonchev–Trinajstić information content (AvgIpc) is 3.24. The van der Waals surface area contributed by atoms with Gasteiger partial charge in [0.2, 0.25) is 5.13 Å². The fourth-order valence-electron chi connectivity index (χ4n) is 2.70. The first kappa shape index (κ1) is 21.1. The van der Waals surface area contributed by atoms with Crippen molar-refractivity contribution < 1.29 is 9.59 Å². The molecule has 8 nitrogen and oxygen atoms in total. The molecule has 1 aromatic heterocycles. The van der Waals surface area contributed by atoms with Gasteiger partial charge in [-0.2, -0.15) is 5.10 Å². The van der Waals surface area contributed by atoms with E-state index < -0.39 is 11.8 Å². The zero-order valence-corrected chi connectivity index (χ0v) is 17.5. The van der Waals surface area contributed by atoms with Crippen LogP contribution in [0.25, 0.3) is 10.6 Å². The van der Waals surface area contributed by atoms with Crippen LogP contribution in [-0.2, 0) is 9.59 Å². The summed E-state index contributed by atoms with van der Waals surface area (Å²) in [7, 11) is 0. The molecule has 0 saturated heterocycles. The summed E-state index contributed by atoms with van der Waals surface area (Å²) in [5.41, 5.74) is 5.03. The van der Waals surface area contributed by atoms with Gasteiger partial charge in [-0.05, 0) is 31.5 Å². The third-order valence-electron chi connectivity index (χ3n) is 4.27. The lowest BCUT2D eigenvalue weighted by Gasteiger charge is -2.20. The molecule has 9 heteroatoms. The normalized spacial score (nSPS) is 10.7. The molecule has 0 atom stereocenters. The molecule has 0 aliphatic heterocycles. The van der Waals surface area contributed by atoms with Crippen LogP contribution >= 0.6 is 11.3 Å². The van der Waals surface area contributed by atoms with Crippen molar-refractivity contribution >= 4 is 40.2 Å². The van der Waals surface area contributed by atoms with Gasteiger partial charge in [0.1, 0.15) is 5.01 Å². The zero-order chi connectivity index (χ0) is 21.3. The molecule has 2 N–H and O–H groups in total. The first-order chi connectivity index (χ1) is 14.6. The summed E-state index contributed by atoms with van der Waals surface area (Å²) in [6.07, 6.45) is 1.48. The monoisotopic (exact) mass is 422 g/mol. The molecule has 0 radical (unpaired) electrons. The van der Waals surface area contributed by atoms with E-state index in [1.165, 1.54) is 17.6 Å². The van der Waals surface area contributed by atoms with Gasteiger partial charge in [0, 0.05) is 24.3 Å². The minimum atomic E-state index is -0.887. The highest BCUT2D eigenvalue weighted by molar-refractivity contribution is 7.18. The Kier molecular flexibility index (Phi) is 7.23. The van der Waals surface area contributed by atoms with Gasteiger partial charge in [0.05, 0.1) is 6.21 Å². The maximum atomic E-state index is 12.0. The van der Waals surface area contributed by atoms with E-state index in [0.717, 1.165) is 29.9 Å². The van der Waals surface area contributed by atoms with Crippen molar-refractivity contribution in [1.29, 1.82) is 0 Å². The molecule has 0 fully saturated rings. The molecular formula is C21H22N6O2S. The standard InChI is InChI=1S/C21H22N6O2S/c1-3-27(4-2)17-12-10-15(11-13-17)14-22-24-19(29)18(28)23-21-26-25-20(30-21)16-8-6-5-7-9-16/h5-14H,3-4H2,1-2H3,(H,24,29)(H,23,26,28)/b22-14-. The smallest absolute Gasteiger partial charge is 0.329 e. The van der Waals surface area contributed by atoms with Crippen molar-refractivity contribution in [3.8, 4) is 10.6 Å². The lowest BCUT2D eigenvalue weighted by Crippen LogP contribution is -2.32. The lowest BCUT2D eigenvalue weighted by molar-refractivity contribution is -0.136. The predicted octanol–water partition coefficient (Wildman–Crippen LogP) is 3.14. The van der Waals surface area contributed by atoms with Crippen LogP contribution in [0.4, 0.5) is 10.8 Å². The van der Waals surface area contributed by atoms with Crippen LogP contribution in [0.3, 0.4) is 0 Å². The number of nitrogens with one attached hydrogen (secondary N) is 2. The van der Waals surface area contributed by atoms with Gasteiger partial charge >= 0.3 is 11.8 Å². The fourth-order valence-corrected chi connectivity index (χ4v) is 3.45. The average molecular weight is 423 g/mol. The van der Waals surface area contributed by atoms with Crippen molar-refractivity contribution in [2.75, 3.05) is 23.3 Å². The third-order valence-corrected chi connectivity index (χ3v) is 5.16. The molecule has 154 valence electrons. The Hall–Kier alpha value is -3.59. The number of aromatic nitrogens is 2. The van der Waals surface area contributed by atoms with E-state index in [9.17, 15) is 9.59 Å². The molecule has 0 spiro atoms. The second-order valence-corrected chi connectivity index (χ2v) is 7.17. The highest BCUT2D eigenvalue weighted by Crippen LogP contribution is 2.25. The largest absolute Gasteiger partial charge is 0.372 e. The first-order valence-corrected chi connectivity index (χ1v) is 10.3. The molecule has 1 heterocycles. The Bertz CT molecular complexity index is 1010. The van der Waals surface area contributed by atoms with Gasteiger partial charge in [0.15, 0.2) is 0 Å². The maximum Gasteiger partial charge on any atom is 0.329 e. The molecule has 2 amide bonds. The topological polar surface area (TPSA) is 99.6 Å². The second kappa shape index (κ2) is 10.3. The maximum absolute atomic E-state index is 12.0. The molecule has 0 unspecified atom stereocenters. The molecule has 2 aromatic carbocycles. The molecule has 0 saturated carbocycles. The van der Waals surface area contributed by atoms with Crippen molar-refractivity contribution in [1.82, 2.24) is 15.6 Å². The molecule has 0 bridgehead atoms. The van der Waals surface area contributed by atoms with E-state index in [1.807, 2.05) is 54.6 Å². The highest BCUT2D eigenvalue weighted by atomic mass is 32.1. The summed E-state index contributed by atoms with van der Waals surface area (Å²) in [6, 6.07) is 17.2. The number of benzene rings is 2. The van der Waals surface area contributed by atoms with Gasteiger partial charge in [0.25, 0.3) is 0 Å². The number of amides is 2. The van der Waals surface area contributed by atoms with Crippen LogP contribution < -0.4 is 15.6 Å². The molecular weight excluding hydrogens is 400 g/mol. The molecule has 0 aliphatic carbocycles. The summed E-state index contributed by atoms with van der Waals surface area (Å²) >= 11 is 1.18. The van der Waals surface area contributed by atoms with Crippen LogP contribution in [0.1, 0.15) is 19.4 Å². The molecule has 3 rings (SSSR count). The van der Waals surface area contributed by atoms with Crippen LogP contribution in [0.2, 0.25) is 0 Å². The number of hydrazone groups is 1. The Morgan fingerprint density at radius 3 is 2.37 bits per heavy atom. The summed E-state index contributed by atoms with van der Waals surface area (Å²) in [4.78, 5) is 26.2. The van der Waals surface area contributed by atoms with Crippen molar-refractivity contribution in [2.45, 2.75) is 13.8 Å². The van der Waals surface area contributed by atoms with E-state index in [4.69, 9.17) is 0 Å². The van der Waals surface area contributed by atoms with E-state index >= 15 is 0 Å². The van der Waals surface area contributed by atoms with E-state index in [2.05, 4.69) is 44.8 Å². The predicted molar refractivity (Wildman–Crippen MR) is 120 cm³/mol. The molecule has 30 heavy (non-hydrogen) atoms. The number of anilines is 2. The minimum Gasteiger partial charge on any atom is -0.372 e. The SMILES string of the molecule is CCN(CC)c1ccc(/C=N\NC(=O)C(=O)Nc2nnc(-c3ccccc3)s2)cc1. The van der Waals surface area contributed by atoms with Crippen molar-refractivity contribution in [3.63, 3.8) is 0 Å². The Labute approximate surface area is 178 Å². The Balaban J connectivity index is 1.52. The van der Waals surface area contributed by atoms with Crippen LogP contribution in [-0.4, -0.2) is 41.3 Å². The summed E-state index contributed by atoms with van der Waals surface area (Å²) in [5.74, 6) is -1.75. The summed E-state index contributed by atoms with van der Waals surface area (Å²) in [6.45, 7) is 6.06. The van der Waals surface area contributed by atoms with Gasteiger partial charge in [-0.15, -0.1) is 10.2 Å². The lowest BCUT2D eigenvalue weighted by atomic mass is 10.2. The minimum absolute atomic E-state index is 0.241. The quantitative estimate of drug-likeness (QED) is 0.346. The van der Waals surface area contributed by atoms with Gasteiger partial charge < -0.3 is 4.90 Å². The Morgan fingerprint density at radius 2 is 1.70 bits per heavy atom. The van der Waals surface area contributed by atoms with Crippen LogP contribution in [0.15, 0.2) is 59.7 Å². The van der Waals surface area contributed by atoms with Gasteiger partial charge in [-0.1, -0.05) is 53.8 Å². The number of carbonyl (C=O) groups excluding carboxylic acids is 2. The van der Waals surface area contributed by atoms with E-state index in [0.29, 0.717) is 5.01 Å². The van der Waals surface area contributed by atoms with E-state index in [1.54, 1.807) is 0 Å². The van der Waals surface area contributed by atoms with Gasteiger partial charge in [-0.25, -0.2) is 5.43 Å². The highest BCUT2D eigenvalue weighted by Gasteiger charge is 2.16. The number of hydrogen-bond acceptors (Lipinski definition) is 7. The van der Waals surface area contributed by atoms with Crippen molar-refractivity contribution in [3.05, 3.63) is 60.2 Å². The first-order valence-electron chi connectivity index (χ1n) is 9.49. The van der Waals surface area contributed by atoms with E-state index in [-0.39, 0.29) is 5.13 Å². The summed E-state index contributed by atoms with van der Waals surface area (Å²) in [5, 5.41) is 15.1.